The lowest BCUT2D eigenvalue weighted by Crippen LogP contribution is -2.45. The number of allylic oxidation sites excluding steroid dienone is 1. The standard InChI is InChI=1S/C15H23NO3S/c1-2-6-14-16(12(10-20-14)15(18)19)13(17)9-11-7-4-3-5-8-11/h7,12,14H,2-6,8-10H2,1H3,(H,18,19). The molecule has 1 aliphatic carbocycles. The van der Waals surface area contributed by atoms with Crippen LogP contribution in [-0.2, 0) is 9.59 Å². The summed E-state index contributed by atoms with van der Waals surface area (Å²) in [4.78, 5) is 25.5. The van der Waals surface area contributed by atoms with Crippen molar-refractivity contribution in [2.45, 2.75) is 63.3 Å². The molecule has 0 saturated carbocycles. The van der Waals surface area contributed by atoms with E-state index in [4.69, 9.17) is 0 Å². The summed E-state index contributed by atoms with van der Waals surface area (Å²) in [6, 6.07) is -0.645. The first-order chi connectivity index (χ1) is 9.63. The molecule has 1 N–H and O–H groups in total. The summed E-state index contributed by atoms with van der Waals surface area (Å²) in [5.74, 6) is -0.360. The highest BCUT2D eigenvalue weighted by Gasteiger charge is 2.40. The molecule has 0 aromatic rings. The Balaban J connectivity index is 2.06. The van der Waals surface area contributed by atoms with Gasteiger partial charge in [-0.1, -0.05) is 25.0 Å². The molecule has 1 saturated heterocycles. The Morgan fingerprint density at radius 2 is 2.25 bits per heavy atom. The van der Waals surface area contributed by atoms with Gasteiger partial charge >= 0.3 is 5.97 Å². The van der Waals surface area contributed by atoms with Gasteiger partial charge in [-0.3, -0.25) is 4.79 Å². The number of carboxylic acid groups (broad SMARTS) is 1. The molecule has 1 heterocycles. The van der Waals surface area contributed by atoms with Crippen molar-refractivity contribution >= 4 is 23.6 Å². The fourth-order valence-electron chi connectivity index (χ4n) is 2.91. The van der Waals surface area contributed by atoms with E-state index in [0.29, 0.717) is 12.2 Å². The fraction of sp³-hybridized carbons (Fsp3) is 0.733. The molecule has 5 heteroatoms. The second-order valence-corrected chi connectivity index (χ2v) is 6.73. The second kappa shape index (κ2) is 7.16. The minimum absolute atomic E-state index is 0.00556. The quantitative estimate of drug-likeness (QED) is 0.792. The lowest BCUT2D eigenvalue weighted by Gasteiger charge is -2.28. The van der Waals surface area contributed by atoms with Crippen molar-refractivity contribution in [2.75, 3.05) is 5.75 Å². The second-order valence-electron chi connectivity index (χ2n) is 5.52. The molecule has 0 aromatic carbocycles. The third-order valence-corrected chi connectivity index (χ3v) is 5.32. The van der Waals surface area contributed by atoms with Crippen molar-refractivity contribution in [3.05, 3.63) is 11.6 Å². The van der Waals surface area contributed by atoms with Gasteiger partial charge in [-0.15, -0.1) is 11.8 Å². The van der Waals surface area contributed by atoms with E-state index in [-0.39, 0.29) is 11.3 Å². The Bertz CT molecular complexity index is 408. The summed E-state index contributed by atoms with van der Waals surface area (Å²) in [6.45, 7) is 2.07. The SMILES string of the molecule is CCCC1SCC(C(=O)O)N1C(=O)CC1=CCCCC1. The minimum Gasteiger partial charge on any atom is -0.480 e. The van der Waals surface area contributed by atoms with Crippen LogP contribution >= 0.6 is 11.8 Å². The molecule has 1 fully saturated rings. The van der Waals surface area contributed by atoms with Gasteiger partial charge in [-0.25, -0.2) is 4.79 Å². The van der Waals surface area contributed by atoms with Gasteiger partial charge < -0.3 is 10.0 Å². The molecular weight excluding hydrogens is 274 g/mol. The van der Waals surface area contributed by atoms with Crippen LogP contribution in [0.3, 0.4) is 0 Å². The van der Waals surface area contributed by atoms with Crippen molar-refractivity contribution in [1.82, 2.24) is 4.90 Å². The molecule has 1 aliphatic heterocycles. The third kappa shape index (κ3) is 3.57. The van der Waals surface area contributed by atoms with Crippen molar-refractivity contribution in [1.29, 1.82) is 0 Å². The summed E-state index contributed by atoms with van der Waals surface area (Å²) in [5.41, 5.74) is 1.19. The average Bonchev–Trinajstić information content (AvgIpc) is 2.84. The van der Waals surface area contributed by atoms with Crippen molar-refractivity contribution in [3.63, 3.8) is 0 Å². The fourth-order valence-corrected chi connectivity index (χ4v) is 4.44. The zero-order valence-electron chi connectivity index (χ0n) is 12.0. The number of carboxylic acids is 1. The zero-order chi connectivity index (χ0) is 14.5. The molecule has 2 aliphatic rings. The Morgan fingerprint density at radius 3 is 2.85 bits per heavy atom. The van der Waals surface area contributed by atoms with Crippen LogP contribution in [0.1, 0.15) is 51.9 Å². The highest BCUT2D eigenvalue weighted by atomic mass is 32.2. The number of aliphatic carboxylic acids is 1. The van der Waals surface area contributed by atoms with Crippen molar-refractivity contribution < 1.29 is 14.7 Å². The topological polar surface area (TPSA) is 57.6 Å². The highest BCUT2D eigenvalue weighted by Crippen LogP contribution is 2.34. The first-order valence-corrected chi connectivity index (χ1v) is 8.51. The van der Waals surface area contributed by atoms with E-state index < -0.39 is 12.0 Å². The molecule has 1 amide bonds. The monoisotopic (exact) mass is 297 g/mol. The molecule has 0 bridgehead atoms. The summed E-state index contributed by atoms with van der Waals surface area (Å²) >= 11 is 1.61. The van der Waals surface area contributed by atoms with E-state index in [9.17, 15) is 14.7 Å². The van der Waals surface area contributed by atoms with Crippen molar-refractivity contribution in [2.24, 2.45) is 0 Å². The number of amides is 1. The predicted molar refractivity (Wildman–Crippen MR) is 80.6 cm³/mol. The van der Waals surface area contributed by atoms with Crippen molar-refractivity contribution in [3.8, 4) is 0 Å². The minimum atomic E-state index is -0.873. The van der Waals surface area contributed by atoms with Gasteiger partial charge in [-0.05, 0) is 32.1 Å². The molecule has 4 nitrogen and oxygen atoms in total. The number of hydrogen-bond donors (Lipinski definition) is 1. The Labute approximate surface area is 124 Å². The lowest BCUT2D eigenvalue weighted by atomic mass is 9.96. The zero-order valence-corrected chi connectivity index (χ0v) is 12.8. The Kier molecular flexibility index (Phi) is 5.52. The molecule has 112 valence electrons. The Morgan fingerprint density at radius 1 is 1.45 bits per heavy atom. The largest absolute Gasteiger partial charge is 0.480 e. The molecule has 2 unspecified atom stereocenters. The molecule has 0 radical (unpaired) electrons. The maximum Gasteiger partial charge on any atom is 0.327 e. The number of carbonyl (C=O) groups excluding carboxylic acids is 1. The van der Waals surface area contributed by atoms with Crippen LogP contribution in [0.4, 0.5) is 0 Å². The molecule has 2 rings (SSSR count). The molecule has 0 aromatic heterocycles. The van der Waals surface area contributed by atoms with Crippen LogP contribution in [0, 0.1) is 0 Å². The summed E-state index contributed by atoms with van der Waals surface area (Å²) in [5, 5.41) is 9.34. The van der Waals surface area contributed by atoms with E-state index in [1.165, 1.54) is 12.0 Å². The van der Waals surface area contributed by atoms with E-state index in [1.807, 2.05) is 0 Å². The molecule has 20 heavy (non-hydrogen) atoms. The highest BCUT2D eigenvalue weighted by molar-refractivity contribution is 8.00. The smallest absolute Gasteiger partial charge is 0.327 e. The lowest BCUT2D eigenvalue weighted by molar-refractivity contribution is -0.148. The van der Waals surface area contributed by atoms with Crippen LogP contribution in [0.25, 0.3) is 0 Å². The Hall–Kier alpha value is -0.970. The van der Waals surface area contributed by atoms with E-state index in [0.717, 1.165) is 32.1 Å². The van der Waals surface area contributed by atoms with E-state index in [1.54, 1.807) is 16.7 Å². The van der Waals surface area contributed by atoms with E-state index in [2.05, 4.69) is 13.0 Å². The maximum absolute atomic E-state index is 12.5. The van der Waals surface area contributed by atoms with Gasteiger partial charge in [0.2, 0.25) is 5.91 Å². The summed E-state index contributed by atoms with van der Waals surface area (Å²) in [6.07, 6.45) is 8.80. The molecule has 0 spiro atoms. The predicted octanol–water partition coefficient (Wildman–Crippen LogP) is 3.03. The summed E-state index contributed by atoms with van der Waals surface area (Å²) in [7, 11) is 0. The summed E-state index contributed by atoms with van der Waals surface area (Å²) < 4.78 is 0. The van der Waals surface area contributed by atoms with Crippen LogP contribution in [0.5, 0.6) is 0 Å². The van der Waals surface area contributed by atoms with Gasteiger partial charge in [0.1, 0.15) is 6.04 Å². The maximum atomic E-state index is 12.5. The first kappa shape index (κ1) is 15.4. The third-order valence-electron chi connectivity index (χ3n) is 3.96. The van der Waals surface area contributed by atoms with Gasteiger partial charge in [0.25, 0.3) is 0 Å². The molecular formula is C15H23NO3S. The molecule has 2 atom stereocenters. The van der Waals surface area contributed by atoms with Gasteiger partial charge in [0, 0.05) is 12.2 Å². The number of rotatable bonds is 5. The van der Waals surface area contributed by atoms with Crippen LogP contribution in [0.15, 0.2) is 11.6 Å². The number of carbonyl (C=O) groups is 2. The first-order valence-electron chi connectivity index (χ1n) is 7.47. The van der Waals surface area contributed by atoms with Gasteiger partial charge in [-0.2, -0.15) is 0 Å². The number of hydrogen-bond acceptors (Lipinski definition) is 3. The average molecular weight is 297 g/mol. The number of nitrogens with zero attached hydrogens (tertiary/aromatic N) is 1. The normalized spacial score (nSPS) is 26.4. The van der Waals surface area contributed by atoms with E-state index >= 15 is 0 Å². The van der Waals surface area contributed by atoms with Crippen LogP contribution < -0.4 is 0 Å². The van der Waals surface area contributed by atoms with Crippen LogP contribution in [0.2, 0.25) is 0 Å². The van der Waals surface area contributed by atoms with Gasteiger partial charge in [0.05, 0.1) is 5.37 Å². The number of thioether (sulfide) groups is 1. The van der Waals surface area contributed by atoms with Gasteiger partial charge in [0.15, 0.2) is 0 Å². The van der Waals surface area contributed by atoms with Crippen LogP contribution in [-0.4, -0.2) is 39.1 Å².